The second-order valence-corrected chi connectivity index (χ2v) is 8.31. The predicted molar refractivity (Wildman–Crippen MR) is 101 cm³/mol. The zero-order valence-corrected chi connectivity index (χ0v) is 15.7. The number of thiophene rings is 1. The van der Waals surface area contributed by atoms with Crippen molar-refractivity contribution in [3.63, 3.8) is 0 Å². The molecule has 0 fully saturated rings. The summed E-state index contributed by atoms with van der Waals surface area (Å²) in [5, 5.41) is 5.92. The first-order valence-corrected chi connectivity index (χ1v) is 10.2. The van der Waals surface area contributed by atoms with Crippen molar-refractivity contribution in [1.29, 1.82) is 0 Å². The van der Waals surface area contributed by atoms with Gasteiger partial charge in [-0.3, -0.25) is 4.79 Å². The normalized spacial score (nSPS) is 11.6. The van der Waals surface area contributed by atoms with Crippen LogP contribution in [-0.2, 0) is 10.0 Å². The van der Waals surface area contributed by atoms with E-state index >= 15 is 0 Å². The summed E-state index contributed by atoms with van der Waals surface area (Å²) in [5.41, 5.74) is 0.872. The van der Waals surface area contributed by atoms with Gasteiger partial charge < -0.3 is 4.52 Å². The van der Waals surface area contributed by atoms with E-state index in [9.17, 15) is 13.2 Å². The van der Waals surface area contributed by atoms with Crippen LogP contribution < -0.4 is 4.72 Å². The minimum atomic E-state index is -3.98. The molecule has 1 N–H and O–H groups in total. The standard InChI is InChI=1S/C18H13N3O4S2/c1-11-19-17(20-25-11)12-6-8-13(9-7-12)18(22)21-27(23,24)16-10-26-15-5-3-2-4-14(15)16/h2-10H,1H3,(H,21,22). The average molecular weight is 399 g/mol. The Bertz CT molecular complexity index is 1240. The van der Waals surface area contributed by atoms with E-state index in [0.29, 0.717) is 22.7 Å². The smallest absolute Gasteiger partial charge is 0.265 e. The second kappa shape index (κ2) is 6.60. The van der Waals surface area contributed by atoms with Gasteiger partial charge in [0.05, 0.1) is 0 Å². The van der Waals surface area contributed by atoms with Gasteiger partial charge in [0, 0.05) is 33.5 Å². The van der Waals surface area contributed by atoms with Crippen LogP contribution in [-0.4, -0.2) is 24.5 Å². The molecular weight excluding hydrogens is 386 g/mol. The quantitative estimate of drug-likeness (QED) is 0.564. The molecule has 0 spiro atoms. The maximum atomic E-state index is 12.6. The Labute approximate surface area is 158 Å². The summed E-state index contributed by atoms with van der Waals surface area (Å²) in [7, 11) is -3.98. The molecule has 0 atom stereocenters. The monoisotopic (exact) mass is 399 g/mol. The van der Waals surface area contributed by atoms with Crippen LogP contribution in [0.3, 0.4) is 0 Å². The van der Waals surface area contributed by atoms with Crippen molar-refractivity contribution < 1.29 is 17.7 Å². The van der Waals surface area contributed by atoms with Crippen molar-refractivity contribution in [2.75, 3.05) is 0 Å². The largest absolute Gasteiger partial charge is 0.339 e. The van der Waals surface area contributed by atoms with Crippen LogP contribution >= 0.6 is 11.3 Å². The fourth-order valence-corrected chi connectivity index (χ4v) is 5.06. The van der Waals surface area contributed by atoms with Gasteiger partial charge in [-0.25, -0.2) is 13.1 Å². The highest BCUT2D eigenvalue weighted by atomic mass is 32.2. The number of carbonyl (C=O) groups excluding carboxylic acids is 1. The summed E-state index contributed by atoms with van der Waals surface area (Å²) < 4.78 is 33.1. The molecule has 2 aromatic carbocycles. The number of amides is 1. The topological polar surface area (TPSA) is 102 Å². The Morgan fingerprint density at radius 2 is 1.85 bits per heavy atom. The number of aromatic nitrogens is 2. The number of sulfonamides is 1. The molecule has 0 saturated carbocycles. The second-order valence-electron chi connectivity index (χ2n) is 5.75. The maximum Gasteiger partial charge on any atom is 0.265 e. The summed E-state index contributed by atoms with van der Waals surface area (Å²) in [6, 6.07) is 13.4. The van der Waals surface area contributed by atoms with E-state index in [1.165, 1.54) is 28.8 Å². The number of aryl methyl sites for hydroxylation is 1. The van der Waals surface area contributed by atoms with Crippen molar-refractivity contribution in [2.24, 2.45) is 0 Å². The Hall–Kier alpha value is -3.04. The molecule has 0 radical (unpaired) electrons. The van der Waals surface area contributed by atoms with Crippen LogP contribution in [0.4, 0.5) is 0 Å². The van der Waals surface area contributed by atoms with Gasteiger partial charge in [0.15, 0.2) is 0 Å². The molecule has 0 aliphatic heterocycles. The Balaban J connectivity index is 1.58. The molecule has 0 unspecified atom stereocenters. The highest BCUT2D eigenvalue weighted by Crippen LogP contribution is 2.29. The van der Waals surface area contributed by atoms with Gasteiger partial charge in [0.1, 0.15) is 4.90 Å². The summed E-state index contributed by atoms with van der Waals surface area (Å²) in [5.74, 6) is 0.124. The number of nitrogens with one attached hydrogen (secondary N) is 1. The van der Waals surface area contributed by atoms with Crippen LogP contribution in [0, 0.1) is 6.92 Å². The number of hydrogen-bond acceptors (Lipinski definition) is 7. The molecule has 0 bridgehead atoms. The molecule has 136 valence electrons. The highest BCUT2D eigenvalue weighted by molar-refractivity contribution is 7.90. The summed E-state index contributed by atoms with van der Waals surface area (Å²) in [6.45, 7) is 1.68. The van der Waals surface area contributed by atoms with E-state index in [0.717, 1.165) is 4.70 Å². The van der Waals surface area contributed by atoms with E-state index in [2.05, 4.69) is 14.9 Å². The highest BCUT2D eigenvalue weighted by Gasteiger charge is 2.22. The third-order valence-electron chi connectivity index (χ3n) is 3.89. The average Bonchev–Trinajstić information content (AvgIpc) is 3.28. The number of carbonyl (C=O) groups is 1. The third kappa shape index (κ3) is 3.34. The van der Waals surface area contributed by atoms with Crippen LogP contribution in [0.25, 0.3) is 21.5 Å². The Kier molecular flexibility index (Phi) is 4.25. The zero-order chi connectivity index (χ0) is 19.0. The first-order chi connectivity index (χ1) is 12.9. The summed E-state index contributed by atoms with van der Waals surface area (Å²) in [6.07, 6.45) is 0. The van der Waals surface area contributed by atoms with Crippen molar-refractivity contribution >= 4 is 37.4 Å². The first kappa shape index (κ1) is 17.4. The summed E-state index contributed by atoms with van der Waals surface area (Å²) in [4.78, 5) is 16.6. The lowest BCUT2D eigenvalue weighted by Crippen LogP contribution is -2.30. The van der Waals surface area contributed by atoms with Crippen LogP contribution in [0.15, 0.2) is 63.3 Å². The SMILES string of the molecule is Cc1nc(-c2ccc(C(=O)NS(=O)(=O)c3csc4ccccc34)cc2)no1. The maximum absolute atomic E-state index is 12.6. The Morgan fingerprint density at radius 3 is 2.56 bits per heavy atom. The van der Waals surface area contributed by atoms with Gasteiger partial charge in [-0.15, -0.1) is 11.3 Å². The molecule has 0 saturated heterocycles. The van der Waals surface area contributed by atoms with Gasteiger partial charge in [-0.1, -0.05) is 35.5 Å². The summed E-state index contributed by atoms with van der Waals surface area (Å²) >= 11 is 1.31. The molecular formula is C18H13N3O4S2. The van der Waals surface area contributed by atoms with Crippen molar-refractivity contribution in [3.8, 4) is 11.4 Å². The first-order valence-electron chi connectivity index (χ1n) is 7.88. The molecule has 0 aliphatic carbocycles. The van der Waals surface area contributed by atoms with Gasteiger partial charge >= 0.3 is 0 Å². The zero-order valence-electron chi connectivity index (χ0n) is 14.0. The molecule has 2 heterocycles. The fourth-order valence-electron chi connectivity index (χ4n) is 2.58. The predicted octanol–water partition coefficient (Wildman–Crippen LogP) is 3.38. The fraction of sp³-hybridized carbons (Fsp3) is 0.0556. The van der Waals surface area contributed by atoms with Crippen molar-refractivity contribution in [3.05, 3.63) is 65.4 Å². The lowest BCUT2D eigenvalue weighted by Gasteiger charge is -2.06. The van der Waals surface area contributed by atoms with Crippen molar-refractivity contribution in [2.45, 2.75) is 11.8 Å². The molecule has 27 heavy (non-hydrogen) atoms. The van der Waals surface area contributed by atoms with E-state index in [4.69, 9.17) is 4.52 Å². The van der Waals surface area contributed by atoms with Crippen LogP contribution in [0.1, 0.15) is 16.2 Å². The molecule has 2 aromatic heterocycles. The van der Waals surface area contributed by atoms with Crippen LogP contribution in [0.5, 0.6) is 0 Å². The van der Waals surface area contributed by atoms with Gasteiger partial charge in [-0.05, 0) is 18.2 Å². The van der Waals surface area contributed by atoms with Crippen LogP contribution in [0.2, 0.25) is 0 Å². The van der Waals surface area contributed by atoms with Gasteiger partial charge in [0.25, 0.3) is 15.9 Å². The lowest BCUT2D eigenvalue weighted by atomic mass is 10.1. The number of rotatable bonds is 4. The van der Waals surface area contributed by atoms with E-state index in [-0.39, 0.29) is 10.5 Å². The molecule has 4 aromatic rings. The minimum absolute atomic E-state index is 0.0929. The lowest BCUT2D eigenvalue weighted by molar-refractivity contribution is 0.0981. The minimum Gasteiger partial charge on any atom is -0.339 e. The molecule has 4 rings (SSSR count). The third-order valence-corrected chi connectivity index (χ3v) is 6.38. The molecule has 0 aliphatic rings. The van der Waals surface area contributed by atoms with E-state index in [1.807, 2.05) is 12.1 Å². The van der Waals surface area contributed by atoms with Crippen molar-refractivity contribution in [1.82, 2.24) is 14.9 Å². The molecule has 7 nitrogen and oxygen atoms in total. The van der Waals surface area contributed by atoms with E-state index in [1.54, 1.807) is 31.2 Å². The number of nitrogens with zero attached hydrogens (tertiary/aromatic N) is 2. The molecule has 9 heteroatoms. The number of fused-ring (bicyclic) bond motifs is 1. The number of benzene rings is 2. The Morgan fingerprint density at radius 1 is 1.11 bits per heavy atom. The molecule has 1 amide bonds. The van der Waals surface area contributed by atoms with Gasteiger partial charge in [0.2, 0.25) is 11.7 Å². The van der Waals surface area contributed by atoms with E-state index < -0.39 is 15.9 Å². The van der Waals surface area contributed by atoms with Gasteiger partial charge in [-0.2, -0.15) is 4.98 Å². The number of hydrogen-bond donors (Lipinski definition) is 1.